The molecule has 110 valence electrons. The molecule has 0 saturated heterocycles. The summed E-state index contributed by atoms with van der Waals surface area (Å²) in [7, 11) is 0. The number of hydrogen-bond donors (Lipinski definition) is 2. The molecule has 3 rings (SSSR count). The number of hydrogen-bond acceptors (Lipinski definition) is 4. The number of aromatic hydroxyl groups is 1. The zero-order valence-corrected chi connectivity index (χ0v) is 11.8. The van der Waals surface area contributed by atoms with E-state index < -0.39 is 0 Å². The number of carbonyl (C=O) groups is 1. The van der Waals surface area contributed by atoms with Crippen LogP contribution in [0.25, 0.3) is 22.3 Å². The lowest BCUT2D eigenvalue weighted by molar-refractivity contribution is -0.114. The smallest absolute Gasteiger partial charge is 0.221 e. The minimum atomic E-state index is -0.305. The molecule has 0 aliphatic heterocycles. The van der Waals surface area contributed by atoms with Crippen LogP contribution in [-0.4, -0.2) is 11.0 Å². The summed E-state index contributed by atoms with van der Waals surface area (Å²) in [6.07, 6.45) is 0. The minimum Gasteiger partial charge on any atom is -0.507 e. The van der Waals surface area contributed by atoms with E-state index in [9.17, 15) is 14.7 Å². The van der Waals surface area contributed by atoms with Crippen LogP contribution in [0, 0.1) is 0 Å². The Morgan fingerprint density at radius 3 is 2.55 bits per heavy atom. The largest absolute Gasteiger partial charge is 0.507 e. The molecule has 2 N–H and O–H groups in total. The number of anilines is 1. The first-order valence-corrected chi connectivity index (χ1v) is 6.68. The van der Waals surface area contributed by atoms with Gasteiger partial charge in [-0.05, 0) is 36.4 Å². The molecule has 0 aliphatic carbocycles. The molecule has 0 saturated carbocycles. The summed E-state index contributed by atoms with van der Waals surface area (Å²) in [5.74, 6) is 0.150. The molecule has 1 amide bonds. The maximum absolute atomic E-state index is 12.1. The lowest BCUT2D eigenvalue weighted by Crippen LogP contribution is -2.05. The van der Waals surface area contributed by atoms with E-state index in [4.69, 9.17) is 4.42 Å². The highest BCUT2D eigenvalue weighted by Crippen LogP contribution is 2.27. The van der Waals surface area contributed by atoms with Crippen molar-refractivity contribution >= 4 is 22.6 Å². The predicted molar refractivity (Wildman–Crippen MR) is 83.9 cm³/mol. The van der Waals surface area contributed by atoms with Gasteiger partial charge in [-0.25, -0.2) is 0 Å². The molecule has 0 aliphatic rings. The normalized spacial score (nSPS) is 10.6. The molecule has 3 aromatic rings. The fraction of sp³-hybridized carbons (Fsp3) is 0.0588. The van der Waals surface area contributed by atoms with Crippen LogP contribution in [0.1, 0.15) is 6.92 Å². The fourth-order valence-electron chi connectivity index (χ4n) is 2.25. The van der Waals surface area contributed by atoms with Gasteiger partial charge in [0.05, 0.1) is 0 Å². The summed E-state index contributed by atoms with van der Waals surface area (Å²) in [5.41, 5.74) is 1.39. The van der Waals surface area contributed by atoms with Crippen LogP contribution in [0.4, 0.5) is 5.69 Å². The highest BCUT2D eigenvalue weighted by molar-refractivity contribution is 5.89. The number of fused-ring (bicyclic) bond motifs is 1. The molecule has 22 heavy (non-hydrogen) atoms. The van der Waals surface area contributed by atoms with Crippen molar-refractivity contribution in [3.8, 4) is 17.1 Å². The summed E-state index contributed by atoms with van der Waals surface area (Å²) < 4.78 is 5.68. The van der Waals surface area contributed by atoms with Gasteiger partial charge in [0.1, 0.15) is 22.5 Å². The van der Waals surface area contributed by atoms with Gasteiger partial charge in [-0.1, -0.05) is 6.07 Å². The Bertz CT molecular complexity index is 910. The second-order valence-electron chi connectivity index (χ2n) is 4.88. The van der Waals surface area contributed by atoms with Crippen LogP contribution >= 0.6 is 0 Å². The third-order valence-electron chi connectivity index (χ3n) is 3.22. The molecule has 0 fully saturated rings. The van der Waals surface area contributed by atoms with E-state index in [1.807, 2.05) is 0 Å². The van der Waals surface area contributed by atoms with Crippen LogP contribution in [-0.2, 0) is 4.79 Å². The highest BCUT2D eigenvalue weighted by Gasteiger charge is 2.10. The zero-order chi connectivity index (χ0) is 15.7. The predicted octanol–water partition coefficient (Wildman–Crippen LogP) is 3.12. The molecule has 5 heteroatoms. The Morgan fingerprint density at radius 2 is 1.86 bits per heavy atom. The first-order chi connectivity index (χ1) is 10.5. The average molecular weight is 295 g/mol. The molecule has 2 aromatic carbocycles. The number of nitrogens with one attached hydrogen (secondary N) is 1. The van der Waals surface area contributed by atoms with Gasteiger partial charge in [0.2, 0.25) is 5.91 Å². The molecule has 0 unspecified atom stereocenters. The van der Waals surface area contributed by atoms with Crippen molar-refractivity contribution in [1.82, 2.24) is 0 Å². The van der Waals surface area contributed by atoms with E-state index >= 15 is 0 Å². The fourth-order valence-corrected chi connectivity index (χ4v) is 2.25. The van der Waals surface area contributed by atoms with Gasteiger partial charge in [0.15, 0.2) is 5.43 Å². The lowest BCUT2D eigenvalue weighted by Gasteiger charge is -2.06. The van der Waals surface area contributed by atoms with Crippen molar-refractivity contribution in [3.05, 3.63) is 58.8 Å². The van der Waals surface area contributed by atoms with Crippen LogP contribution in [0.5, 0.6) is 5.75 Å². The first kappa shape index (κ1) is 13.9. The molecule has 0 spiro atoms. The van der Waals surface area contributed by atoms with E-state index in [0.29, 0.717) is 22.6 Å². The first-order valence-electron chi connectivity index (χ1n) is 6.68. The van der Waals surface area contributed by atoms with Crippen LogP contribution < -0.4 is 10.7 Å². The Kier molecular flexibility index (Phi) is 3.39. The van der Waals surface area contributed by atoms with Gasteiger partial charge < -0.3 is 14.8 Å². The second kappa shape index (κ2) is 5.37. The quantitative estimate of drug-likeness (QED) is 0.761. The maximum Gasteiger partial charge on any atom is 0.221 e. The number of amides is 1. The van der Waals surface area contributed by atoms with Gasteiger partial charge in [-0.15, -0.1) is 0 Å². The Morgan fingerprint density at radius 1 is 1.14 bits per heavy atom. The summed E-state index contributed by atoms with van der Waals surface area (Å²) in [6.45, 7) is 1.43. The monoisotopic (exact) mass is 295 g/mol. The van der Waals surface area contributed by atoms with Gasteiger partial charge in [0.25, 0.3) is 0 Å². The van der Waals surface area contributed by atoms with E-state index in [1.54, 1.807) is 36.4 Å². The number of carbonyl (C=O) groups excluding carboxylic acids is 1. The molecular weight excluding hydrogens is 282 g/mol. The lowest BCUT2D eigenvalue weighted by atomic mass is 10.1. The SMILES string of the molecule is CC(=O)Nc1ccc(-c2cc(=O)c3c(O)cccc3o2)cc1. The summed E-state index contributed by atoms with van der Waals surface area (Å²) >= 11 is 0. The Hall–Kier alpha value is -3.08. The van der Waals surface area contributed by atoms with Crippen LogP contribution in [0.15, 0.2) is 57.7 Å². The van der Waals surface area contributed by atoms with E-state index in [-0.39, 0.29) is 22.5 Å². The molecule has 1 aromatic heterocycles. The van der Waals surface area contributed by atoms with Crippen molar-refractivity contribution in [2.75, 3.05) is 5.32 Å². The standard InChI is InChI=1S/C17H13NO4/c1-10(19)18-12-7-5-11(6-8-12)16-9-14(21)17-13(20)3-2-4-15(17)22-16/h2-9,20H,1H3,(H,18,19). The molecule has 1 heterocycles. The molecule has 0 bridgehead atoms. The van der Waals surface area contributed by atoms with Gasteiger partial charge in [-0.3, -0.25) is 9.59 Å². The van der Waals surface area contributed by atoms with Gasteiger partial charge >= 0.3 is 0 Å². The van der Waals surface area contributed by atoms with E-state index in [0.717, 1.165) is 0 Å². The van der Waals surface area contributed by atoms with Crippen molar-refractivity contribution in [3.63, 3.8) is 0 Å². The minimum absolute atomic E-state index is 0.0983. The van der Waals surface area contributed by atoms with Gasteiger partial charge in [0, 0.05) is 24.2 Å². The molecular formula is C17H13NO4. The topological polar surface area (TPSA) is 79.5 Å². The Balaban J connectivity index is 2.07. The number of phenolic OH excluding ortho intramolecular Hbond substituents is 1. The Labute approximate surface area is 125 Å². The zero-order valence-electron chi connectivity index (χ0n) is 11.8. The number of benzene rings is 2. The van der Waals surface area contributed by atoms with Crippen LogP contribution in [0.3, 0.4) is 0 Å². The third kappa shape index (κ3) is 2.56. The summed E-state index contributed by atoms with van der Waals surface area (Å²) in [5, 5.41) is 12.6. The van der Waals surface area contributed by atoms with E-state index in [2.05, 4.69) is 5.32 Å². The van der Waals surface area contributed by atoms with Crippen molar-refractivity contribution in [2.24, 2.45) is 0 Å². The summed E-state index contributed by atoms with van der Waals surface area (Å²) in [4.78, 5) is 23.1. The van der Waals surface area contributed by atoms with Crippen molar-refractivity contribution < 1.29 is 14.3 Å². The van der Waals surface area contributed by atoms with Gasteiger partial charge in [-0.2, -0.15) is 0 Å². The molecule has 0 atom stereocenters. The summed E-state index contributed by atoms with van der Waals surface area (Å²) in [6, 6.07) is 13.0. The van der Waals surface area contributed by atoms with Crippen molar-refractivity contribution in [1.29, 1.82) is 0 Å². The highest BCUT2D eigenvalue weighted by atomic mass is 16.3. The van der Waals surface area contributed by atoms with Crippen LogP contribution in [0.2, 0.25) is 0 Å². The number of phenols is 1. The van der Waals surface area contributed by atoms with E-state index in [1.165, 1.54) is 19.1 Å². The average Bonchev–Trinajstić information content (AvgIpc) is 2.47. The number of rotatable bonds is 2. The molecule has 0 radical (unpaired) electrons. The maximum atomic E-state index is 12.1. The molecule has 5 nitrogen and oxygen atoms in total. The second-order valence-corrected chi connectivity index (χ2v) is 4.88. The van der Waals surface area contributed by atoms with Crippen molar-refractivity contribution in [2.45, 2.75) is 6.92 Å². The third-order valence-corrected chi connectivity index (χ3v) is 3.22.